The van der Waals surface area contributed by atoms with Crippen LogP contribution in [-0.2, 0) is 4.79 Å². The fourth-order valence-corrected chi connectivity index (χ4v) is 3.00. The van der Waals surface area contributed by atoms with Crippen molar-refractivity contribution in [1.29, 1.82) is 0 Å². The van der Waals surface area contributed by atoms with Crippen molar-refractivity contribution in [2.24, 2.45) is 0 Å². The second-order valence-electron chi connectivity index (χ2n) is 6.58. The molecule has 1 N–H and O–H groups in total. The molecule has 0 radical (unpaired) electrons. The number of likely N-dealkylation sites (tertiary alicyclic amines) is 1. The Bertz CT molecular complexity index is 465. The molecule has 1 aliphatic rings. The van der Waals surface area contributed by atoms with Crippen LogP contribution in [0.15, 0.2) is 24.3 Å². The summed E-state index contributed by atoms with van der Waals surface area (Å²) in [4.78, 5) is 14.3. The van der Waals surface area contributed by atoms with Crippen molar-refractivity contribution >= 4 is 11.6 Å². The van der Waals surface area contributed by atoms with E-state index < -0.39 is 0 Å². The van der Waals surface area contributed by atoms with Crippen LogP contribution in [0.3, 0.4) is 0 Å². The first kappa shape index (κ1) is 18.6. The summed E-state index contributed by atoms with van der Waals surface area (Å²) in [6.07, 6.45) is 9.63. The summed E-state index contributed by atoms with van der Waals surface area (Å²) in [5, 5.41) is 3.23. The average Bonchev–Trinajstić information content (AvgIpc) is 2.90. The molecule has 2 rings (SSSR count). The van der Waals surface area contributed by atoms with Gasteiger partial charge in [-0.1, -0.05) is 39.0 Å². The highest BCUT2D eigenvalue weighted by atomic mass is 16.5. The number of hydrogen-bond donors (Lipinski definition) is 1. The highest BCUT2D eigenvalue weighted by molar-refractivity contribution is 5.80. The molecule has 1 aliphatic heterocycles. The highest BCUT2D eigenvalue weighted by Crippen LogP contribution is 2.16. The summed E-state index contributed by atoms with van der Waals surface area (Å²) in [5.74, 6) is 1.10. The summed E-state index contributed by atoms with van der Waals surface area (Å²) in [5.41, 5.74) is 0.969. The molecule has 0 bridgehead atoms. The predicted molar refractivity (Wildman–Crippen MR) is 99.6 cm³/mol. The van der Waals surface area contributed by atoms with Crippen LogP contribution in [0.25, 0.3) is 0 Å². The average molecular weight is 332 g/mol. The molecular formula is C20H32N2O2. The normalized spacial score (nSPS) is 15.0. The van der Waals surface area contributed by atoms with E-state index in [1.54, 1.807) is 0 Å². The Hall–Kier alpha value is -1.71. The lowest BCUT2D eigenvalue weighted by Gasteiger charge is -2.20. The second-order valence-corrected chi connectivity index (χ2v) is 6.58. The molecule has 4 heteroatoms. The minimum Gasteiger partial charge on any atom is -0.494 e. The Morgan fingerprint density at radius 2 is 1.75 bits per heavy atom. The molecule has 1 aromatic rings. The Morgan fingerprint density at radius 1 is 1.04 bits per heavy atom. The van der Waals surface area contributed by atoms with Crippen LogP contribution in [0, 0.1) is 0 Å². The van der Waals surface area contributed by atoms with Gasteiger partial charge in [-0.25, -0.2) is 0 Å². The van der Waals surface area contributed by atoms with Gasteiger partial charge in [-0.05, 0) is 43.5 Å². The van der Waals surface area contributed by atoms with Gasteiger partial charge in [0.05, 0.1) is 13.2 Å². The molecule has 0 atom stereocenters. The molecular weight excluding hydrogens is 300 g/mol. The zero-order valence-electron chi connectivity index (χ0n) is 15.1. The van der Waals surface area contributed by atoms with Gasteiger partial charge in [0.2, 0.25) is 5.91 Å². The smallest absolute Gasteiger partial charge is 0.241 e. The minimum absolute atomic E-state index is 0.202. The Balaban J connectivity index is 1.68. The second kappa shape index (κ2) is 11.0. The molecule has 1 saturated heterocycles. The van der Waals surface area contributed by atoms with Gasteiger partial charge in [0.15, 0.2) is 0 Å². The van der Waals surface area contributed by atoms with E-state index in [2.05, 4.69) is 12.2 Å². The number of nitrogens with one attached hydrogen (secondary N) is 1. The first-order valence-electron chi connectivity index (χ1n) is 9.54. The fourth-order valence-electron chi connectivity index (χ4n) is 3.00. The number of nitrogens with zero attached hydrogens (tertiary/aromatic N) is 1. The lowest BCUT2D eigenvalue weighted by molar-refractivity contribution is -0.129. The number of hydrogen-bond acceptors (Lipinski definition) is 3. The molecule has 1 aromatic carbocycles. The van der Waals surface area contributed by atoms with Crippen LogP contribution in [0.4, 0.5) is 5.69 Å². The molecule has 1 heterocycles. The van der Waals surface area contributed by atoms with Crippen LogP contribution in [0.2, 0.25) is 0 Å². The van der Waals surface area contributed by atoms with Gasteiger partial charge < -0.3 is 15.0 Å². The lowest BCUT2D eigenvalue weighted by atomic mass is 10.2. The lowest BCUT2D eigenvalue weighted by Crippen LogP contribution is -2.36. The number of carbonyl (C=O) groups excluding carboxylic acids is 1. The van der Waals surface area contributed by atoms with Gasteiger partial charge in [-0.3, -0.25) is 4.79 Å². The summed E-state index contributed by atoms with van der Waals surface area (Å²) >= 11 is 0. The number of ether oxygens (including phenoxy) is 1. The summed E-state index contributed by atoms with van der Waals surface area (Å²) in [6, 6.07) is 7.91. The molecule has 0 spiro atoms. The van der Waals surface area contributed by atoms with Crippen molar-refractivity contribution in [2.75, 3.05) is 31.6 Å². The molecule has 24 heavy (non-hydrogen) atoms. The number of benzene rings is 1. The van der Waals surface area contributed by atoms with Gasteiger partial charge in [0.25, 0.3) is 0 Å². The number of rotatable bonds is 9. The quantitative estimate of drug-likeness (QED) is 0.679. The third-order valence-electron chi connectivity index (χ3n) is 4.52. The van der Waals surface area contributed by atoms with E-state index in [1.807, 2.05) is 29.2 Å². The van der Waals surface area contributed by atoms with Gasteiger partial charge in [-0.2, -0.15) is 0 Å². The Kier molecular flexibility index (Phi) is 8.50. The Labute approximate surface area is 146 Å². The third-order valence-corrected chi connectivity index (χ3v) is 4.52. The SMILES string of the molecule is CCCCCCOc1ccc(NCC(=O)N2CCCCCC2)cc1. The molecule has 1 amide bonds. The van der Waals surface area contributed by atoms with Crippen molar-refractivity contribution < 1.29 is 9.53 Å². The van der Waals surface area contributed by atoms with E-state index in [0.717, 1.165) is 50.4 Å². The van der Waals surface area contributed by atoms with Crippen molar-refractivity contribution in [2.45, 2.75) is 58.3 Å². The van der Waals surface area contributed by atoms with Crippen LogP contribution in [-0.4, -0.2) is 37.0 Å². The van der Waals surface area contributed by atoms with Crippen molar-refractivity contribution in [3.8, 4) is 5.75 Å². The van der Waals surface area contributed by atoms with Crippen LogP contribution >= 0.6 is 0 Å². The first-order valence-corrected chi connectivity index (χ1v) is 9.54. The standard InChI is InChI=1S/C20H32N2O2/c1-2-3-4-9-16-24-19-12-10-18(11-13-19)21-17-20(23)22-14-7-5-6-8-15-22/h10-13,21H,2-9,14-17H2,1H3. The van der Waals surface area contributed by atoms with Crippen molar-refractivity contribution in [3.63, 3.8) is 0 Å². The molecule has 0 saturated carbocycles. The van der Waals surface area contributed by atoms with E-state index >= 15 is 0 Å². The maximum absolute atomic E-state index is 12.3. The highest BCUT2D eigenvalue weighted by Gasteiger charge is 2.14. The van der Waals surface area contributed by atoms with Crippen LogP contribution in [0.5, 0.6) is 5.75 Å². The number of unbranched alkanes of at least 4 members (excludes halogenated alkanes) is 3. The van der Waals surface area contributed by atoms with Crippen molar-refractivity contribution in [1.82, 2.24) is 4.90 Å². The summed E-state index contributed by atoms with van der Waals surface area (Å²) in [6.45, 7) is 5.18. The summed E-state index contributed by atoms with van der Waals surface area (Å²) in [7, 11) is 0. The van der Waals surface area contributed by atoms with Crippen LogP contribution in [0.1, 0.15) is 58.3 Å². The van der Waals surface area contributed by atoms with E-state index in [-0.39, 0.29) is 5.91 Å². The van der Waals surface area contributed by atoms with Gasteiger partial charge in [-0.15, -0.1) is 0 Å². The van der Waals surface area contributed by atoms with Crippen LogP contribution < -0.4 is 10.1 Å². The zero-order chi connectivity index (χ0) is 17.0. The van der Waals surface area contributed by atoms with E-state index in [0.29, 0.717) is 6.54 Å². The molecule has 0 aromatic heterocycles. The maximum atomic E-state index is 12.3. The van der Waals surface area contributed by atoms with E-state index in [1.165, 1.54) is 32.1 Å². The molecule has 134 valence electrons. The van der Waals surface area contributed by atoms with Crippen molar-refractivity contribution in [3.05, 3.63) is 24.3 Å². The van der Waals surface area contributed by atoms with E-state index in [4.69, 9.17) is 4.74 Å². The summed E-state index contributed by atoms with van der Waals surface area (Å²) < 4.78 is 5.74. The van der Waals surface area contributed by atoms with Gasteiger partial charge >= 0.3 is 0 Å². The topological polar surface area (TPSA) is 41.6 Å². The Morgan fingerprint density at radius 3 is 2.42 bits per heavy atom. The largest absolute Gasteiger partial charge is 0.494 e. The van der Waals surface area contributed by atoms with Gasteiger partial charge in [0.1, 0.15) is 5.75 Å². The molecule has 1 fully saturated rings. The number of anilines is 1. The molecule has 4 nitrogen and oxygen atoms in total. The first-order chi connectivity index (χ1) is 11.8. The third kappa shape index (κ3) is 6.81. The maximum Gasteiger partial charge on any atom is 0.241 e. The monoisotopic (exact) mass is 332 g/mol. The van der Waals surface area contributed by atoms with Gasteiger partial charge in [0, 0.05) is 18.8 Å². The fraction of sp³-hybridized carbons (Fsp3) is 0.650. The number of carbonyl (C=O) groups is 1. The van der Waals surface area contributed by atoms with E-state index in [9.17, 15) is 4.79 Å². The molecule has 0 unspecified atom stereocenters. The predicted octanol–water partition coefficient (Wildman–Crippen LogP) is 4.46. The minimum atomic E-state index is 0.202. The zero-order valence-corrected chi connectivity index (χ0v) is 15.1. The molecule has 0 aliphatic carbocycles. The number of amides is 1.